The molecule has 5 N–H and O–H groups in total. The van der Waals surface area contributed by atoms with Crippen LogP contribution in [-0.4, -0.2) is 7.05 Å². The number of rotatable bonds is 0. The Kier molecular flexibility index (Phi) is 1.38. The second-order valence-electron chi connectivity index (χ2n) is 2.97. The van der Waals surface area contributed by atoms with E-state index in [0.717, 1.165) is 29.2 Å². The molecule has 0 radical (unpaired) electrons. The third-order valence-corrected chi connectivity index (χ3v) is 2.18. The van der Waals surface area contributed by atoms with Crippen LogP contribution in [0.5, 0.6) is 0 Å². The van der Waals surface area contributed by atoms with E-state index in [2.05, 4.69) is 5.43 Å². The summed E-state index contributed by atoms with van der Waals surface area (Å²) in [5.41, 5.74) is 18.4. The van der Waals surface area contributed by atoms with Crippen LogP contribution in [0.1, 0.15) is 5.56 Å². The molecular weight excluding hydrogens is 152 g/mol. The first-order chi connectivity index (χ1) is 5.70. The maximum Gasteiger partial charge on any atom is 0.0812 e. The number of anilines is 3. The summed E-state index contributed by atoms with van der Waals surface area (Å²) in [6.07, 6.45) is 0. The van der Waals surface area contributed by atoms with Gasteiger partial charge in [-0.15, -0.1) is 0 Å². The molecule has 0 bridgehead atoms. The molecule has 1 aliphatic heterocycles. The number of nitrogens with one attached hydrogen (secondary N) is 1. The molecule has 1 heterocycles. The molecule has 0 fully saturated rings. The number of hydrogen-bond acceptors (Lipinski definition) is 4. The molecule has 4 nitrogen and oxygen atoms in total. The predicted molar refractivity (Wildman–Crippen MR) is 50.5 cm³/mol. The van der Waals surface area contributed by atoms with Gasteiger partial charge < -0.3 is 16.5 Å². The second kappa shape index (κ2) is 2.28. The summed E-state index contributed by atoms with van der Waals surface area (Å²) in [6.45, 7) is 0.767. The van der Waals surface area contributed by atoms with Gasteiger partial charge in [-0.1, -0.05) is 0 Å². The van der Waals surface area contributed by atoms with Crippen LogP contribution in [0, 0.1) is 0 Å². The number of benzene rings is 1. The van der Waals surface area contributed by atoms with Crippen molar-refractivity contribution >= 4 is 17.1 Å². The first-order valence-corrected chi connectivity index (χ1v) is 3.84. The standard InChI is InChI=1S/C8H12N4/c1-12-8-5(4-11-12)6(9)2-3-7(8)10/h2-3,11H,4,9-10H2,1H3. The van der Waals surface area contributed by atoms with Gasteiger partial charge in [-0.2, -0.15) is 0 Å². The molecule has 64 valence electrons. The number of hydrazine groups is 1. The highest BCUT2D eigenvalue weighted by Crippen LogP contribution is 2.34. The summed E-state index contributed by atoms with van der Waals surface area (Å²) in [5, 5.41) is 1.90. The molecule has 0 saturated heterocycles. The summed E-state index contributed by atoms with van der Waals surface area (Å²) in [6, 6.07) is 3.67. The van der Waals surface area contributed by atoms with Crippen LogP contribution >= 0.6 is 0 Å². The number of nitrogens with zero attached hydrogens (tertiary/aromatic N) is 1. The minimum atomic E-state index is 0.767. The van der Waals surface area contributed by atoms with Gasteiger partial charge in [0.15, 0.2) is 0 Å². The number of fused-ring (bicyclic) bond motifs is 1. The lowest BCUT2D eigenvalue weighted by molar-refractivity contribution is 0.735. The monoisotopic (exact) mass is 164 g/mol. The first-order valence-electron chi connectivity index (χ1n) is 3.84. The Balaban J connectivity index is 2.64. The maximum absolute atomic E-state index is 5.79. The van der Waals surface area contributed by atoms with E-state index in [1.807, 2.05) is 24.2 Å². The third-order valence-electron chi connectivity index (χ3n) is 2.18. The SMILES string of the molecule is CN1NCc2c(N)ccc(N)c21. The van der Waals surface area contributed by atoms with Gasteiger partial charge in [-0.25, -0.2) is 5.43 Å². The van der Waals surface area contributed by atoms with Crippen molar-refractivity contribution in [3.63, 3.8) is 0 Å². The second-order valence-corrected chi connectivity index (χ2v) is 2.97. The van der Waals surface area contributed by atoms with Crippen molar-refractivity contribution in [1.29, 1.82) is 0 Å². The highest BCUT2D eigenvalue weighted by Gasteiger charge is 2.19. The molecule has 4 heteroatoms. The van der Waals surface area contributed by atoms with Crippen LogP contribution < -0.4 is 21.9 Å². The van der Waals surface area contributed by atoms with E-state index in [0.29, 0.717) is 0 Å². The molecular formula is C8H12N4. The third kappa shape index (κ3) is 0.816. The van der Waals surface area contributed by atoms with Gasteiger partial charge in [0.25, 0.3) is 0 Å². The highest BCUT2D eigenvalue weighted by molar-refractivity contribution is 5.78. The number of nitrogens with two attached hydrogens (primary N) is 2. The largest absolute Gasteiger partial charge is 0.398 e. The smallest absolute Gasteiger partial charge is 0.0812 e. The summed E-state index contributed by atoms with van der Waals surface area (Å²) < 4.78 is 0. The Hall–Kier alpha value is -1.42. The van der Waals surface area contributed by atoms with Crippen LogP contribution in [-0.2, 0) is 6.54 Å². The van der Waals surface area contributed by atoms with Gasteiger partial charge in [0.2, 0.25) is 0 Å². The molecule has 0 saturated carbocycles. The van der Waals surface area contributed by atoms with E-state index >= 15 is 0 Å². The molecule has 0 unspecified atom stereocenters. The molecule has 1 aliphatic rings. The predicted octanol–water partition coefficient (Wildman–Crippen LogP) is 0.305. The molecule has 1 aromatic rings. The maximum atomic E-state index is 5.79. The lowest BCUT2D eigenvalue weighted by Crippen LogP contribution is -2.27. The van der Waals surface area contributed by atoms with E-state index in [4.69, 9.17) is 11.5 Å². The molecule has 0 aromatic heterocycles. The van der Waals surface area contributed by atoms with Crippen LogP contribution in [0.2, 0.25) is 0 Å². The van der Waals surface area contributed by atoms with Crippen molar-refractivity contribution in [1.82, 2.24) is 5.43 Å². The molecule has 0 amide bonds. The van der Waals surface area contributed by atoms with Crippen molar-refractivity contribution in [2.45, 2.75) is 6.54 Å². The van der Waals surface area contributed by atoms with Crippen LogP contribution in [0.15, 0.2) is 12.1 Å². The van der Waals surface area contributed by atoms with Gasteiger partial charge in [-0.3, -0.25) is 0 Å². The molecule has 2 rings (SSSR count). The lowest BCUT2D eigenvalue weighted by atomic mass is 10.1. The Morgan fingerprint density at radius 2 is 2.00 bits per heavy atom. The Labute approximate surface area is 71.1 Å². The Bertz CT molecular complexity index is 321. The highest BCUT2D eigenvalue weighted by atomic mass is 15.5. The average molecular weight is 164 g/mol. The minimum absolute atomic E-state index is 0.767. The van der Waals surface area contributed by atoms with Gasteiger partial charge in [0, 0.05) is 24.8 Å². The van der Waals surface area contributed by atoms with Crippen molar-refractivity contribution in [3.8, 4) is 0 Å². The number of nitrogen functional groups attached to an aromatic ring is 2. The van der Waals surface area contributed by atoms with Gasteiger partial charge in [0.1, 0.15) is 0 Å². The van der Waals surface area contributed by atoms with E-state index in [-0.39, 0.29) is 0 Å². The van der Waals surface area contributed by atoms with E-state index in [9.17, 15) is 0 Å². The summed E-state index contributed by atoms with van der Waals surface area (Å²) in [5.74, 6) is 0. The fourth-order valence-electron chi connectivity index (χ4n) is 1.53. The van der Waals surface area contributed by atoms with E-state index < -0.39 is 0 Å². The summed E-state index contributed by atoms with van der Waals surface area (Å²) in [4.78, 5) is 0. The van der Waals surface area contributed by atoms with Crippen molar-refractivity contribution < 1.29 is 0 Å². The zero-order valence-corrected chi connectivity index (χ0v) is 6.96. The molecule has 12 heavy (non-hydrogen) atoms. The van der Waals surface area contributed by atoms with Crippen LogP contribution in [0.25, 0.3) is 0 Å². The van der Waals surface area contributed by atoms with Gasteiger partial charge in [0.05, 0.1) is 11.4 Å². The molecule has 0 atom stereocenters. The van der Waals surface area contributed by atoms with E-state index in [1.165, 1.54) is 0 Å². The molecule has 1 aromatic carbocycles. The number of hydrogen-bond donors (Lipinski definition) is 3. The lowest BCUT2D eigenvalue weighted by Gasteiger charge is -2.14. The zero-order chi connectivity index (χ0) is 8.72. The normalized spacial score (nSPS) is 14.9. The van der Waals surface area contributed by atoms with Gasteiger partial charge >= 0.3 is 0 Å². The van der Waals surface area contributed by atoms with Crippen molar-refractivity contribution in [3.05, 3.63) is 17.7 Å². The minimum Gasteiger partial charge on any atom is -0.398 e. The topological polar surface area (TPSA) is 67.3 Å². The quantitative estimate of drug-likeness (QED) is 0.483. The van der Waals surface area contributed by atoms with Crippen LogP contribution in [0.3, 0.4) is 0 Å². The first kappa shape index (κ1) is 7.24. The van der Waals surface area contributed by atoms with Gasteiger partial charge in [-0.05, 0) is 12.1 Å². The Morgan fingerprint density at radius 3 is 2.67 bits per heavy atom. The average Bonchev–Trinajstić information content (AvgIpc) is 2.42. The fourth-order valence-corrected chi connectivity index (χ4v) is 1.53. The fraction of sp³-hybridized carbons (Fsp3) is 0.250. The summed E-state index contributed by atoms with van der Waals surface area (Å²) in [7, 11) is 1.93. The van der Waals surface area contributed by atoms with Crippen LogP contribution in [0.4, 0.5) is 17.1 Å². The van der Waals surface area contributed by atoms with Crippen molar-refractivity contribution in [2.24, 2.45) is 0 Å². The molecule has 0 spiro atoms. The van der Waals surface area contributed by atoms with E-state index in [1.54, 1.807) is 0 Å². The zero-order valence-electron chi connectivity index (χ0n) is 6.96. The summed E-state index contributed by atoms with van der Waals surface area (Å²) >= 11 is 0. The Morgan fingerprint density at radius 1 is 1.33 bits per heavy atom. The molecule has 0 aliphatic carbocycles. The van der Waals surface area contributed by atoms with Crippen molar-refractivity contribution in [2.75, 3.05) is 23.5 Å².